The lowest BCUT2D eigenvalue weighted by molar-refractivity contribution is -0.152. The molecule has 1 fully saturated rings. The number of fused-ring (bicyclic) bond motifs is 2. The molecule has 2 aliphatic heterocycles. The molecule has 6 N–H and O–H groups in total. The Balaban J connectivity index is 1.15. The van der Waals surface area contributed by atoms with Crippen LogP contribution in [0, 0.1) is 16.6 Å². The summed E-state index contributed by atoms with van der Waals surface area (Å²) in [5.74, 6) is -3.29. The smallest absolute Gasteiger partial charge is 0.251 e. The molecule has 4 aromatic carbocycles. The van der Waals surface area contributed by atoms with Crippen LogP contribution in [0.2, 0.25) is 0 Å². The van der Waals surface area contributed by atoms with Crippen LogP contribution in [0.4, 0.5) is 4.39 Å². The maximum absolute atomic E-state index is 15.7. The Labute approximate surface area is 459 Å². The number of aryl methyl sites for hydroxylation is 1. The molecular weight excluding hydrogens is 990 g/mol. The number of nitrogens with one attached hydrogen (secondary N) is 6. The Morgan fingerprint density at radius 3 is 1.81 bits per heavy atom. The summed E-state index contributed by atoms with van der Waals surface area (Å²) in [5.41, 5.74) is 3.68. The second kappa shape index (κ2) is 24.8. The number of amides is 7. The quantitative estimate of drug-likeness (QED) is 0.0730. The van der Waals surface area contributed by atoms with Gasteiger partial charge in [-0.05, 0) is 117 Å². The number of nitrogens with zero attached hydrogens (tertiary/aromatic N) is 3. The van der Waals surface area contributed by atoms with Gasteiger partial charge in [0, 0.05) is 43.2 Å². The molecule has 1 unspecified atom stereocenters. The minimum Gasteiger partial charge on any atom is -0.347 e. The number of halogens is 1. The second-order valence-corrected chi connectivity index (χ2v) is 23.5. The molecule has 16 nitrogen and oxygen atoms in total. The lowest BCUT2D eigenvalue weighted by atomic mass is 9.84. The predicted octanol–water partition coefficient (Wildman–Crippen LogP) is 6.04. The van der Waals surface area contributed by atoms with Gasteiger partial charge in [0.1, 0.15) is 30.0 Å². The molecule has 1 saturated heterocycles. The van der Waals surface area contributed by atoms with E-state index >= 15 is 9.18 Å². The third-order valence-electron chi connectivity index (χ3n) is 15.9. The van der Waals surface area contributed by atoms with Crippen molar-refractivity contribution in [3.8, 4) is 0 Å². The van der Waals surface area contributed by atoms with Gasteiger partial charge in [0.2, 0.25) is 35.4 Å². The zero-order chi connectivity index (χ0) is 56.8. The van der Waals surface area contributed by atoms with Crippen LogP contribution in [0.5, 0.6) is 0 Å². The summed E-state index contributed by atoms with van der Waals surface area (Å²) in [5, 5.41) is 18.0. The number of carbonyl (C=O) groups is 7. The fourth-order valence-electron chi connectivity index (χ4n) is 10.8. The average molecular weight is 1070 g/mol. The molecule has 4 aromatic rings. The van der Waals surface area contributed by atoms with Crippen LogP contribution in [-0.2, 0) is 54.7 Å². The first-order chi connectivity index (χ1) is 36.9. The van der Waals surface area contributed by atoms with Crippen LogP contribution in [0.15, 0.2) is 97.1 Å². The van der Waals surface area contributed by atoms with Crippen LogP contribution in [0.1, 0.15) is 137 Å². The number of hydrogen-bond acceptors (Lipinski definition) is 9. The van der Waals surface area contributed by atoms with Crippen molar-refractivity contribution in [1.29, 1.82) is 0 Å². The number of rotatable bonds is 17. The molecule has 2 heterocycles. The molecular formula is C61H80FN9O7. The largest absolute Gasteiger partial charge is 0.347 e. The second-order valence-electron chi connectivity index (χ2n) is 23.5. The molecule has 0 spiro atoms. The van der Waals surface area contributed by atoms with E-state index in [4.69, 9.17) is 0 Å². The van der Waals surface area contributed by atoms with Gasteiger partial charge in [-0.1, -0.05) is 120 Å². The number of likely N-dealkylation sites (tertiary alicyclic amines) is 1. The van der Waals surface area contributed by atoms with E-state index in [1.165, 1.54) is 16.5 Å². The van der Waals surface area contributed by atoms with Crippen LogP contribution >= 0.6 is 0 Å². The molecule has 0 bridgehead atoms. The molecule has 7 amide bonds. The minimum atomic E-state index is -1.02. The van der Waals surface area contributed by atoms with Gasteiger partial charge in [-0.15, -0.1) is 0 Å². The van der Waals surface area contributed by atoms with Crippen molar-refractivity contribution in [3.63, 3.8) is 0 Å². The lowest BCUT2D eigenvalue weighted by Gasteiger charge is -2.43. The molecule has 3 aliphatic rings. The number of hydrogen-bond donors (Lipinski definition) is 6. The van der Waals surface area contributed by atoms with Crippen molar-refractivity contribution in [2.24, 2.45) is 10.8 Å². The maximum Gasteiger partial charge on any atom is 0.251 e. The highest BCUT2D eigenvalue weighted by atomic mass is 19.1. The Bertz CT molecular complexity index is 2850. The molecule has 0 aromatic heterocycles. The maximum atomic E-state index is 15.7. The summed E-state index contributed by atoms with van der Waals surface area (Å²) in [4.78, 5) is 105. The van der Waals surface area contributed by atoms with Gasteiger partial charge in [-0.2, -0.15) is 0 Å². The predicted molar refractivity (Wildman–Crippen MR) is 298 cm³/mol. The highest BCUT2D eigenvalue weighted by molar-refractivity contribution is 5.97. The van der Waals surface area contributed by atoms with E-state index in [1.807, 2.05) is 84.0 Å². The number of likely N-dealkylation sites (N-methyl/N-ethyl adjacent to an activating group) is 2. The molecule has 0 saturated carbocycles. The van der Waals surface area contributed by atoms with Crippen molar-refractivity contribution in [1.82, 2.24) is 46.6 Å². The zero-order valence-corrected chi connectivity index (χ0v) is 47.2. The monoisotopic (exact) mass is 1070 g/mol. The third-order valence-corrected chi connectivity index (χ3v) is 15.9. The SMILES string of the molecule is CN[C@@H](C)C(=O)N[C@H](C(=O)N1C[C@@H](NC(=O)c2ccc(CN(C(=O)[C@@H]3Cc4ccccc4CN3C(=O)[C@@H](NC(=O)[C@H](C)NC)C(C)(C)C)[C@H](C)c3ccccc3F)cc2)C[C@H]1C(=O)NC1CCCc2ccccc21)C(C)(C)C. The Morgan fingerprint density at radius 1 is 0.667 bits per heavy atom. The van der Waals surface area contributed by atoms with E-state index in [0.29, 0.717) is 5.56 Å². The van der Waals surface area contributed by atoms with E-state index in [0.717, 1.165) is 36.0 Å². The first kappa shape index (κ1) is 58.7. The first-order valence-electron chi connectivity index (χ1n) is 27.4. The molecule has 9 atom stereocenters. The van der Waals surface area contributed by atoms with Gasteiger partial charge >= 0.3 is 0 Å². The third kappa shape index (κ3) is 13.5. The van der Waals surface area contributed by atoms with Crippen molar-refractivity contribution in [3.05, 3.63) is 142 Å². The van der Waals surface area contributed by atoms with Gasteiger partial charge in [0.25, 0.3) is 5.91 Å². The molecule has 1 aliphatic carbocycles. The first-order valence-corrected chi connectivity index (χ1v) is 27.4. The molecule has 7 rings (SSSR count). The van der Waals surface area contributed by atoms with Crippen molar-refractivity contribution in [2.75, 3.05) is 20.6 Å². The number of carbonyl (C=O) groups excluding carboxylic acids is 7. The van der Waals surface area contributed by atoms with E-state index in [-0.39, 0.29) is 67.4 Å². The van der Waals surface area contributed by atoms with Crippen molar-refractivity contribution >= 4 is 41.4 Å². The van der Waals surface area contributed by atoms with Gasteiger partial charge in [-0.25, -0.2) is 4.39 Å². The van der Waals surface area contributed by atoms with E-state index in [9.17, 15) is 28.8 Å². The highest BCUT2D eigenvalue weighted by Crippen LogP contribution is 2.35. The van der Waals surface area contributed by atoms with Gasteiger partial charge in [0.15, 0.2) is 0 Å². The summed E-state index contributed by atoms with van der Waals surface area (Å²) in [6.07, 6.45) is 2.84. The Hall–Kier alpha value is -6.98. The van der Waals surface area contributed by atoms with Crippen molar-refractivity contribution in [2.45, 2.75) is 162 Å². The van der Waals surface area contributed by atoms with E-state index in [1.54, 1.807) is 87.1 Å². The summed E-state index contributed by atoms with van der Waals surface area (Å²) in [7, 11) is 3.32. The summed E-state index contributed by atoms with van der Waals surface area (Å²) in [6, 6.07) is 21.8. The summed E-state index contributed by atoms with van der Waals surface area (Å²) in [6.45, 7) is 16.4. The van der Waals surface area contributed by atoms with Crippen molar-refractivity contribution < 1.29 is 38.0 Å². The summed E-state index contributed by atoms with van der Waals surface area (Å²) >= 11 is 0. The molecule has 418 valence electrons. The zero-order valence-electron chi connectivity index (χ0n) is 47.2. The summed E-state index contributed by atoms with van der Waals surface area (Å²) < 4.78 is 15.7. The van der Waals surface area contributed by atoms with Crippen LogP contribution < -0.4 is 31.9 Å². The standard InChI is InChI=1S/C61H80FN9O7/c1-36(63-10)53(72)67-51(60(4,5)6)58(77)70-34-43-21-13-12-20-42(43)31-50(70)57(76)69(38(3)45-23-16-17-25-47(45)62)33-39-27-29-41(30-28-39)55(74)65-44-32-49(56(75)66-48-26-18-22-40-19-14-15-24-46(40)48)71(35-44)59(78)52(61(7,8)9)68-54(73)37(2)64-11/h12-17,19-21,23-25,27-30,36-38,44,48-52,63-64H,18,22,26,31-35H2,1-11H3,(H,65,74)(H,66,75)(H,67,72)(H,68,73)/t36-,37-,38+,44-,48?,49-,50-,51+,52+/m0/s1. The Kier molecular flexibility index (Phi) is 18.6. The van der Waals surface area contributed by atoms with Crippen LogP contribution in [0.25, 0.3) is 0 Å². The fraction of sp³-hybridized carbons (Fsp3) is 0.492. The normalized spacial score (nSPS) is 20.2. The van der Waals surface area contributed by atoms with E-state index < -0.39 is 88.6 Å². The molecule has 78 heavy (non-hydrogen) atoms. The Morgan fingerprint density at radius 2 is 1.22 bits per heavy atom. The number of benzene rings is 4. The van der Waals surface area contributed by atoms with Crippen LogP contribution in [0.3, 0.4) is 0 Å². The van der Waals surface area contributed by atoms with E-state index in [2.05, 4.69) is 38.0 Å². The van der Waals surface area contributed by atoms with Crippen LogP contribution in [-0.4, -0.2) is 119 Å². The average Bonchev–Trinajstić information content (AvgIpc) is 3.98. The minimum absolute atomic E-state index is 0.0140. The molecule has 17 heteroatoms. The van der Waals surface area contributed by atoms with Gasteiger partial charge in [0.05, 0.1) is 24.2 Å². The van der Waals surface area contributed by atoms with Gasteiger partial charge < -0.3 is 46.6 Å². The molecule has 0 radical (unpaired) electrons. The highest BCUT2D eigenvalue weighted by Gasteiger charge is 2.47. The fourth-order valence-corrected chi connectivity index (χ4v) is 10.8. The topological polar surface area (TPSA) is 201 Å². The lowest BCUT2D eigenvalue weighted by Crippen LogP contribution is -2.62. The van der Waals surface area contributed by atoms with Gasteiger partial charge in [-0.3, -0.25) is 33.6 Å².